The molecule has 3 rings (SSSR count). The third-order valence-corrected chi connectivity index (χ3v) is 7.54. The summed E-state index contributed by atoms with van der Waals surface area (Å²) in [6.07, 6.45) is 3.99. The van der Waals surface area contributed by atoms with Crippen LogP contribution in [-0.4, -0.2) is 47.2 Å². The third-order valence-electron chi connectivity index (χ3n) is 6.37. The fourth-order valence-electron chi connectivity index (χ4n) is 4.42. The molecular formula is C23H32N4O5S. The molecule has 1 amide bonds. The van der Waals surface area contributed by atoms with Gasteiger partial charge in [-0.1, -0.05) is 20.8 Å². The first-order valence-electron chi connectivity index (χ1n) is 11.2. The minimum atomic E-state index is -0.649. The number of hydrogen-bond acceptors (Lipinski definition) is 8. The van der Waals surface area contributed by atoms with Crippen LogP contribution in [-0.2, 0) is 22.4 Å². The van der Waals surface area contributed by atoms with E-state index in [1.54, 1.807) is 20.8 Å². The van der Waals surface area contributed by atoms with Gasteiger partial charge in [-0.25, -0.2) is 4.79 Å². The Morgan fingerprint density at radius 1 is 1.39 bits per heavy atom. The molecule has 10 heteroatoms. The molecule has 0 radical (unpaired) electrons. The normalized spacial score (nSPS) is 20.5. The molecule has 0 saturated heterocycles. The number of amides is 1. The zero-order valence-corrected chi connectivity index (χ0v) is 20.9. The van der Waals surface area contributed by atoms with Gasteiger partial charge in [-0.05, 0) is 56.9 Å². The molecule has 2 atom stereocenters. The van der Waals surface area contributed by atoms with Crippen molar-refractivity contribution < 1.29 is 19.2 Å². The third kappa shape index (κ3) is 5.26. The molecule has 0 saturated carbocycles. The number of allylic oxidation sites excluding steroid dienone is 1. The number of carbonyl (C=O) groups excluding carboxylic acids is 2. The van der Waals surface area contributed by atoms with Gasteiger partial charge in [0.05, 0.1) is 23.3 Å². The van der Waals surface area contributed by atoms with Crippen LogP contribution in [0.2, 0.25) is 0 Å². The van der Waals surface area contributed by atoms with Crippen molar-refractivity contribution in [3.63, 3.8) is 0 Å². The first-order valence-corrected chi connectivity index (χ1v) is 12.0. The van der Waals surface area contributed by atoms with E-state index in [4.69, 9.17) is 4.74 Å². The van der Waals surface area contributed by atoms with E-state index >= 15 is 0 Å². The Bertz CT molecular complexity index is 1020. The lowest BCUT2D eigenvalue weighted by Crippen LogP contribution is -2.40. The van der Waals surface area contributed by atoms with Crippen LogP contribution in [0.4, 0.5) is 5.00 Å². The van der Waals surface area contributed by atoms with Crippen LogP contribution >= 0.6 is 11.3 Å². The second kappa shape index (κ2) is 9.62. The van der Waals surface area contributed by atoms with E-state index in [1.807, 2.05) is 0 Å². The molecule has 0 fully saturated rings. The number of esters is 1. The van der Waals surface area contributed by atoms with Gasteiger partial charge in [-0.2, -0.15) is 5.10 Å². The molecule has 1 aromatic heterocycles. The molecule has 1 aromatic rings. The average Bonchev–Trinajstić information content (AvgIpc) is 3.06. The zero-order chi connectivity index (χ0) is 24.5. The molecule has 33 heavy (non-hydrogen) atoms. The summed E-state index contributed by atoms with van der Waals surface area (Å²) in [6, 6.07) is -0.649. The van der Waals surface area contributed by atoms with Crippen molar-refractivity contribution in [3.05, 3.63) is 37.4 Å². The highest BCUT2D eigenvalue weighted by atomic mass is 32.1. The molecule has 0 spiro atoms. The molecule has 2 aliphatic rings. The van der Waals surface area contributed by atoms with E-state index in [0.29, 0.717) is 22.1 Å². The summed E-state index contributed by atoms with van der Waals surface area (Å²) >= 11 is 1.43. The van der Waals surface area contributed by atoms with Crippen LogP contribution in [0.15, 0.2) is 16.4 Å². The predicted molar refractivity (Wildman–Crippen MR) is 128 cm³/mol. The summed E-state index contributed by atoms with van der Waals surface area (Å²) in [7, 11) is 0. The van der Waals surface area contributed by atoms with Gasteiger partial charge < -0.3 is 10.1 Å². The summed E-state index contributed by atoms with van der Waals surface area (Å²) in [6.45, 7) is 11.8. The fourth-order valence-corrected chi connectivity index (χ4v) is 5.75. The van der Waals surface area contributed by atoms with Crippen LogP contribution in [0.5, 0.6) is 0 Å². The van der Waals surface area contributed by atoms with Gasteiger partial charge >= 0.3 is 5.97 Å². The van der Waals surface area contributed by atoms with Crippen LogP contribution in [0, 0.1) is 21.4 Å². The maximum atomic E-state index is 12.9. The summed E-state index contributed by atoms with van der Waals surface area (Å²) in [5.41, 5.74) is 2.04. The molecule has 2 heterocycles. The van der Waals surface area contributed by atoms with Gasteiger partial charge in [0.1, 0.15) is 17.6 Å². The first kappa shape index (κ1) is 24.9. The molecule has 0 aromatic carbocycles. The molecule has 180 valence electrons. The zero-order valence-electron chi connectivity index (χ0n) is 20.1. The number of hydrazone groups is 1. The lowest BCUT2D eigenvalue weighted by atomic mass is 9.72. The monoisotopic (exact) mass is 476 g/mol. The highest BCUT2D eigenvalue weighted by Gasteiger charge is 2.35. The van der Waals surface area contributed by atoms with E-state index in [1.165, 1.54) is 22.6 Å². The molecule has 0 bridgehead atoms. The van der Waals surface area contributed by atoms with Crippen LogP contribution < -0.4 is 5.32 Å². The Kier molecular flexibility index (Phi) is 7.26. The SMILES string of the molecule is CCOC(=O)c1c(NC(=O)CN2N=CC(C)=C([N+](=O)[O-])[C@H]2C)sc2c1CC[C@H](C(C)(C)C)C2. The quantitative estimate of drug-likeness (QED) is 0.373. The summed E-state index contributed by atoms with van der Waals surface area (Å²) < 4.78 is 5.29. The van der Waals surface area contributed by atoms with Gasteiger partial charge in [0.25, 0.3) is 5.70 Å². The summed E-state index contributed by atoms with van der Waals surface area (Å²) in [4.78, 5) is 37.7. The summed E-state index contributed by atoms with van der Waals surface area (Å²) in [5, 5.41) is 20.3. The number of rotatable bonds is 6. The van der Waals surface area contributed by atoms with Crippen molar-refractivity contribution in [3.8, 4) is 0 Å². The number of ether oxygens (including phenoxy) is 1. The number of thiophene rings is 1. The van der Waals surface area contributed by atoms with Crippen molar-refractivity contribution in [1.29, 1.82) is 0 Å². The minimum absolute atomic E-state index is 0.0184. The van der Waals surface area contributed by atoms with Crippen LogP contribution in [0.1, 0.15) is 68.8 Å². The standard InChI is InChI=1S/C23H32N4O5S/c1-7-32-22(29)19-16-9-8-15(23(4,5)6)10-17(16)33-21(19)25-18(28)12-26-14(3)20(27(30)31)13(2)11-24-26/h11,14-15H,7-10,12H2,1-6H3,(H,25,28)/t14-,15+/m1/s1. The second-order valence-corrected chi connectivity index (χ2v) is 10.7. The van der Waals surface area contributed by atoms with Crippen molar-refractivity contribution in [1.82, 2.24) is 5.01 Å². The average molecular weight is 477 g/mol. The van der Waals surface area contributed by atoms with Gasteiger partial charge in [0, 0.05) is 10.5 Å². The maximum absolute atomic E-state index is 12.9. The van der Waals surface area contributed by atoms with Gasteiger partial charge in [-0.15, -0.1) is 11.3 Å². The number of hydrogen-bond donors (Lipinski definition) is 1. The maximum Gasteiger partial charge on any atom is 0.341 e. The van der Waals surface area contributed by atoms with E-state index in [-0.39, 0.29) is 24.3 Å². The molecular weight excluding hydrogens is 444 g/mol. The number of nitrogens with one attached hydrogen (secondary N) is 1. The van der Waals surface area contributed by atoms with E-state index < -0.39 is 22.8 Å². The smallest absolute Gasteiger partial charge is 0.341 e. The molecule has 1 N–H and O–H groups in total. The Balaban J connectivity index is 1.82. The van der Waals surface area contributed by atoms with E-state index in [9.17, 15) is 19.7 Å². The molecule has 1 aliphatic carbocycles. The van der Waals surface area contributed by atoms with Crippen LogP contribution in [0.3, 0.4) is 0 Å². The van der Waals surface area contributed by atoms with E-state index in [0.717, 1.165) is 29.7 Å². The Morgan fingerprint density at radius 2 is 2.09 bits per heavy atom. The molecule has 0 unspecified atom stereocenters. The van der Waals surface area contributed by atoms with Crippen LogP contribution in [0.25, 0.3) is 0 Å². The number of nitro groups is 1. The second-order valence-electron chi connectivity index (χ2n) is 9.63. The van der Waals surface area contributed by atoms with Gasteiger partial charge in [0.15, 0.2) is 0 Å². The largest absolute Gasteiger partial charge is 0.462 e. The Hall–Kier alpha value is -2.75. The number of fused-ring (bicyclic) bond motifs is 1. The van der Waals surface area contributed by atoms with Crippen molar-refractivity contribution >= 4 is 34.4 Å². The number of nitrogens with zero attached hydrogens (tertiary/aromatic N) is 3. The highest BCUT2D eigenvalue weighted by Crippen LogP contribution is 2.44. The Morgan fingerprint density at radius 3 is 2.70 bits per heavy atom. The minimum Gasteiger partial charge on any atom is -0.462 e. The predicted octanol–water partition coefficient (Wildman–Crippen LogP) is 4.25. The summed E-state index contributed by atoms with van der Waals surface area (Å²) in [5.74, 6) is -0.336. The Labute approximate surface area is 198 Å². The molecule has 9 nitrogen and oxygen atoms in total. The lowest BCUT2D eigenvalue weighted by molar-refractivity contribution is -0.433. The number of carbonyl (C=O) groups is 2. The topological polar surface area (TPSA) is 114 Å². The number of anilines is 1. The van der Waals surface area contributed by atoms with E-state index in [2.05, 4.69) is 31.2 Å². The molecule has 1 aliphatic heterocycles. The van der Waals surface area contributed by atoms with Gasteiger partial charge in [-0.3, -0.25) is 19.9 Å². The van der Waals surface area contributed by atoms with Crippen molar-refractivity contribution in [2.75, 3.05) is 18.5 Å². The van der Waals surface area contributed by atoms with Crippen molar-refractivity contribution in [2.24, 2.45) is 16.4 Å². The lowest BCUT2D eigenvalue weighted by Gasteiger charge is -2.33. The highest BCUT2D eigenvalue weighted by molar-refractivity contribution is 7.17. The first-order chi connectivity index (χ1) is 15.4. The fraction of sp³-hybridized carbons (Fsp3) is 0.609. The van der Waals surface area contributed by atoms with Crippen molar-refractivity contribution in [2.45, 2.75) is 66.8 Å². The van der Waals surface area contributed by atoms with Gasteiger partial charge in [0.2, 0.25) is 5.91 Å².